The van der Waals surface area contributed by atoms with Gasteiger partial charge in [-0.3, -0.25) is 9.59 Å². The van der Waals surface area contributed by atoms with E-state index in [9.17, 15) is 9.59 Å². The predicted molar refractivity (Wildman–Crippen MR) is 141 cm³/mol. The maximum atomic E-state index is 12.9. The fraction of sp³-hybridized carbons (Fsp3) is 0.875. The van der Waals surface area contributed by atoms with Crippen LogP contribution in [0.3, 0.4) is 0 Å². The Morgan fingerprint density at radius 3 is 2.71 bits per heavy atom. The van der Waals surface area contributed by atoms with Crippen molar-refractivity contribution >= 4 is 11.8 Å². The number of ether oxygens (including phenoxy) is 1. The number of carbonyl (C=O) groups is 2. The van der Waals surface area contributed by atoms with Crippen molar-refractivity contribution < 1.29 is 14.3 Å². The number of hydrogen-bond donors (Lipinski definition) is 0. The topological polar surface area (TPSA) is 43.4 Å². The van der Waals surface area contributed by atoms with Gasteiger partial charge in [-0.05, 0) is 123 Å². The van der Waals surface area contributed by atoms with E-state index in [0.29, 0.717) is 36.2 Å². The highest BCUT2D eigenvalue weighted by Gasteiger charge is 2.59. The van der Waals surface area contributed by atoms with Crippen LogP contribution in [-0.4, -0.2) is 18.4 Å². The molecule has 3 saturated carbocycles. The van der Waals surface area contributed by atoms with E-state index in [1.165, 1.54) is 57.8 Å². The Hall–Kier alpha value is -1.12. The number of esters is 1. The summed E-state index contributed by atoms with van der Waals surface area (Å²) in [5.74, 6) is 4.43. The van der Waals surface area contributed by atoms with Gasteiger partial charge >= 0.3 is 5.97 Å². The highest BCUT2D eigenvalue weighted by Crippen LogP contribution is 2.67. The van der Waals surface area contributed by atoms with Crippen LogP contribution in [0.5, 0.6) is 0 Å². The van der Waals surface area contributed by atoms with E-state index >= 15 is 0 Å². The summed E-state index contributed by atoms with van der Waals surface area (Å²) >= 11 is 0. The largest absolute Gasteiger partial charge is 0.465 e. The molecular formula is C32H50O3. The molecule has 35 heavy (non-hydrogen) atoms. The molecule has 0 radical (unpaired) electrons. The van der Waals surface area contributed by atoms with Crippen LogP contribution in [0.25, 0.3) is 0 Å². The summed E-state index contributed by atoms with van der Waals surface area (Å²) in [6, 6.07) is 0. The van der Waals surface area contributed by atoms with Crippen LogP contribution in [0.15, 0.2) is 11.6 Å². The average molecular weight is 483 g/mol. The van der Waals surface area contributed by atoms with Gasteiger partial charge in [0.1, 0.15) is 11.7 Å². The summed E-state index contributed by atoms with van der Waals surface area (Å²) < 4.78 is 5.26. The highest BCUT2D eigenvalue weighted by molar-refractivity contribution is 5.99. The molecular weight excluding hydrogens is 432 g/mol. The first-order chi connectivity index (χ1) is 16.8. The van der Waals surface area contributed by atoms with E-state index in [4.69, 9.17) is 4.74 Å². The lowest BCUT2D eigenvalue weighted by atomic mass is 9.46. The molecule has 1 heterocycles. The van der Waals surface area contributed by atoms with Crippen LogP contribution in [-0.2, 0) is 14.3 Å². The lowest BCUT2D eigenvalue weighted by Crippen LogP contribution is -2.50. The van der Waals surface area contributed by atoms with Crippen molar-refractivity contribution in [1.29, 1.82) is 0 Å². The van der Waals surface area contributed by atoms with E-state index in [-0.39, 0.29) is 11.8 Å². The Kier molecular flexibility index (Phi) is 7.27. The van der Waals surface area contributed by atoms with Crippen LogP contribution in [0.2, 0.25) is 0 Å². The molecule has 1 aliphatic heterocycles. The SMILES string of the molecule is CC[C@@H](C)[C@H]1CCC2C3CC=C4CC(CCC(=O)C5CCCCOC5=O)CC[C@]4(C)C3CC[C@@]21C. The number of rotatable bonds is 6. The molecule has 9 atom stereocenters. The quantitative estimate of drug-likeness (QED) is 0.219. The van der Waals surface area contributed by atoms with E-state index < -0.39 is 5.92 Å². The van der Waals surface area contributed by atoms with Crippen LogP contribution in [0.1, 0.15) is 118 Å². The predicted octanol–water partition coefficient (Wildman–Crippen LogP) is 7.92. The summed E-state index contributed by atoms with van der Waals surface area (Å²) in [6.45, 7) is 10.6. The van der Waals surface area contributed by atoms with Gasteiger partial charge in [0.2, 0.25) is 0 Å². The first-order valence-electron chi connectivity index (χ1n) is 15.2. The third kappa shape index (κ3) is 4.46. The van der Waals surface area contributed by atoms with Crippen molar-refractivity contribution in [3.8, 4) is 0 Å². The molecule has 4 aliphatic carbocycles. The molecule has 5 rings (SSSR count). The number of ketones is 1. The molecule has 0 aromatic heterocycles. The Bertz CT molecular complexity index is 844. The fourth-order valence-electron chi connectivity index (χ4n) is 9.90. The van der Waals surface area contributed by atoms with E-state index in [1.54, 1.807) is 5.57 Å². The Labute approximate surface area is 214 Å². The molecule has 1 saturated heterocycles. The Balaban J connectivity index is 1.23. The van der Waals surface area contributed by atoms with Gasteiger partial charge in [-0.1, -0.05) is 45.8 Å². The van der Waals surface area contributed by atoms with Crippen LogP contribution < -0.4 is 0 Å². The number of allylic oxidation sites excluding steroid dienone is 2. The van der Waals surface area contributed by atoms with Gasteiger partial charge in [0.15, 0.2) is 0 Å². The van der Waals surface area contributed by atoms with Gasteiger partial charge in [0.05, 0.1) is 6.61 Å². The lowest BCUT2D eigenvalue weighted by Gasteiger charge is -2.58. The van der Waals surface area contributed by atoms with Crippen LogP contribution >= 0.6 is 0 Å². The molecule has 0 aromatic carbocycles. The van der Waals surface area contributed by atoms with Crippen molar-refractivity contribution in [3.05, 3.63) is 11.6 Å². The van der Waals surface area contributed by atoms with E-state index in [0.717, 1.165) is 48.9 Å². The zero-order chi connectivity index (χ0) is 24.8. The highest BCUT2D eigenvalue weighted by atomic mass is 16.5. The maximum Gasteiger partial charge on any atom is 0.316 e. The standard InChI is InChI=1S/C32H50O3/c1-5-21(2)26-12-13-27-24-11-10-23-20-22(9-14-29(33)25-8-6-7-19-35-30(25)34)15-17-31(23,3)28(24)16-18-32(26,27)4/h10,21-22,24-28H,5-9,11-20H2,1-4H3/t21-,22?,24?,25?,26-,27?,28?,31+,32-/m1/s1. The molecule has 0 amide bonds. The van der Waals surface area contributed by atoms with Gasteiger partial charge in [-0.2, -0.15) is 0 Å². The Morgan fingerprint density at radius 1 is 1.09 bits per heavy atom. The van der Waals surface area contributed by atoms with Gasteiger partial charge in [0.25, 0.3) is 0 Å². The van der Waals surface area contributed by atoms with Gasteiger partial charge in [-0.25, -0.2) is 0 Å². The summed E-state index contributed by atoms with van der Waals surface area (Å²) in [4.78, 5) is 25.0. The smallest absolute Gasteiger partial charge is 0.316 e. The third-order valence-corrected chi connectivity index (χ3v) is 12.2. The zero-order valence-corrected chi connectivity index (χ0v) is 23.0. The summed E-state index contributed by atoms with van der Waals surface area (Å²) in [6.07, 6.45) is 18.8. The van der Waals surface area contributed by atoms with E-state index in [2.05, 4.69) is 33.8 Å². The second-order valence-corrected chi connectivity index (χ2v) is 13.7. The first-order valence-corrected chi connectivity index (χ1v) is 15.2. The zero-order valence-electron chi connectivity index (χ0n) is 23.0. The molecule has 3 heteroatoms. The Morgan fingerprint density at radius 2 is 1.91 bits per heavy atom. The summed E-state index contributed by atoms with van der Waals surface area (Å²) in [5.41, 5.74) is 2.66. The molecule has 5 aliphatic rings. The lowest BCUT2D eigenvalue weighted by molar-refractivity contribution is -0.151. The van der Waals surface area contributed by atoms with Crippen molar-refractivity contribution in [2.45, 2.75) is 118 Å². The second-order valence-electron chi connectivity index (χ2n) is 13.7. The minimum atomic E-state index is -0.497. The summed E-state index contributed by atoms with van der Waals surface area (Å²) in [5, 5.41) is 0. The average Bonchev–Trinajstić information content (AvgIpc) is 3.06. The molecule has 196 valence electrons. The van der Waals surface area contributed by atoms with Crippen LogP contribution in [0, 0.1) is 52.3 Å². The third-order valence-electron chi connectivity index (χ3n) is 12.2. The molecule has 0 aromatic rings. The second kappa shape index (κ2) is 9.97. The number of fused-ring (bicyclic) bond motifs is 5. The fourth-order valence-corrected chi connectivity index (χ4v) is 9.90. The minimum Gasteiger partial charge on any atom is -0.465 e. The minimum absolute atomic E-state index is 0.131. The number of cyclic esters (lactones) is 1. The maximum absolute atomic E-state index is 12.9. The normalized spacial score (nSPS) is 44.2. The van der Waals surface area contributed by atoms with Gasteiger partial charge in [0, 0.05) is 6.42 Å². The molecule has 0 N–H and O–H groups in total. The molecule has 3 nitrogen and oxygen atoms in total. The number of carbonyl (C=O) groups excluding carboxylic acids is 2. The van der Waals surface area contributed by atoms with E-state index in [1.807, 2.05) is 0 Å². The molecule has 4 fully saturated rings. The van der Waals surface area contributed by atoms with Gasteiger partial charge in [-0.15, -0.1) is 0 Å². The molecule has 5 unspecified atom stereocenters. The first kappa shape index (κ1) is 25.5. The molecule has 0 bridgehead atoms. The van der Waals surface area contributed by atoms with Crippen molar-refractivity contribution in [2.75, 3.05) is 6.61 Å². The van der Waals surface area contributed by atoms with Crippen LogP contribution in [0.4, 0.5) is 0 Å². The van der Waals surface area contributed by atoms with Crippen molar-refractivity contribution in [3.63, 3.8) is 0 Å². The van der Waals surface area contributed by atoms with Crippen molar-refractivity contribution in [1.82, 2.24) is 0 Å². The number of Topliss-reactive ketones (excluding diaryl/α,β-unsaturated/α-hetero) is 1. The number of hydrogen-bond acceptors (Lipinski definition) is 3. The monoisotopic (exact) mass is 482 g/mol. The van der Waals surface area contributed by atoms with Gasteiger partial charge < -0.3 is 4.74 Å². The van der Waals surface area contributed by atoms with Crippen molar-refractivity contribution in [2.24, 2.45) is 52.3 Å². The molecule has 0 spiro atoms. The summed E-state index contributed by atoms with van der Waals surface area (Å²) in [7, 11) is 0.